The van der Waals surface area contributed by atoms with Crippen LogP contribution in [0.2, 0.25) is 0 Å². The molecule has 152 valence electrons. The van der Waals surface area contributed by atoms with Crippen LogP contribution in [0.5, 0.6) is 0 Å². The molecule has 0 bridgehead atoms. The lowest BCUT2D eigenvalue weighted by atomic mass is 9.98. The van der Waals surface area contributed by atoms with Crippen LogP contribution in [-0.2, 0) is 4.74 Å². The summed E-state index contributed by atoms with van der Waals surface area (Å²) in [5.74, 6) is 0.325. The first-order valence-electron chi connectivity index (χ1n) is 10.5. The summed E-state index contributed by atoms with van der Waals surface area (Å²) in [6.07, 6.45) is 0.445. The number of carbonyl (C=O) groups is 1. The smallest absolute Gasteiger partial charge is 0.407 e. The molecule has 2 aliphatic rings. The Balaban J connectivity index is 1.21. The summed E-state index contributed by atoms with van der Waals surface area (Å²) in [7, 11) is 0. The van der Waals surface area contributed by atoms with Gasteiger partial charge in [-0.05, 0) is 40.2 Å². The first-order chi connectivity index (χ1) is 14.7. The zero-order valence-electron chi connectivity index (χ0n) is 16.8. The Labute approximate surface area is 176 Å². The summed E-state index contributed by atoms with van der Waals surface area (Å²) in [6.45, 7) is 0.768. The molecule has 5 rings (SSSR count). The van der Waals surface area contributed by atoms with Crippen molar-refractivity contribution in [2.24, 2.45) is 5.41 Å². The van der Waals surface area contributed by atoms with Gasteiger partial charge in [0.05, 0.1) is 6.61 Å². The summed E-state index contributed by atoms with van der Waals surface area (Å²) in [6, 6.07) is 26.8. The molecule has 0 aromatic heterocycles. The molecule has 2 N–H and O–H groups in total. The molecule has 0 unspecified atom stereocenters. The minimum Gasteiger partial charge on any atom is -0.449 e. The van der Waals surface area contributed by atoms with Crippen molar-refractivity contribution < 1.29 is 14.6 Å². The molecule has 1 amide bonds. The Hall–Kier alpha value is -3.11. The number of alkyl carbamates (subject to hydrolysis) is 1. The SMILES string of the molecule is O=C(NC[C@]1(CO)C[C@@H]1c1ccccc1)OCC1c2ccccc2-c2ccccc21. The number of aliphatic hydroxyl groups is 1. The van der Waals surface area contributed by atoms with E-state index in [-0.39, 0.29) is 23.9 Å². The third-order valence-corrected chi connectivity index (χ3v) is 6.64. The van der Waals surface area contributed by atoms with Crippen molar-refractivity contribution in [3.05, 3.63) is 95.6 Å². The fourth-order valence-corrected chi connectivity index (χ4v) is 4.83. The van der Waals surface area contributed by atoms with Crippen LogP contribution in [0.15, 0.2) is 78.9 Å². The number of ether oxygens (including phenoxy) is 1. The van der Waals surface area contributed by atoms with Crippen molar-refractivity contribution in [1.29, 1.82) is 0 Å². The van der Waals surface area contributed by atoms with Crippen molar-refractivity contribution in [2.45, 2.75) is 18.3 Å². The molecule has 1 fully saturated rings. The quantitative estimate of drug-likeness (QED) is 0.632. The van der Waals surface area contributed by atoms with Gasteiger partial charge >= 0.3 is 6.09 Å². The van der Waals surface area contributed by atoms with E-state index in [0.29, 0.717) is 13.2 Å². The van der Waals surface area contributed by atoms with Gasteiger partial charge in [-0.15, -0.1) is 0 Å². The fourth-order valence-electron chi connectivity index (χ4n) is 4.83. The van der Waals surface area contributed by atoms with Crippen molar-refractivity contribution in [3.63, 3.8) is 0 Å². The molecule has 4 nitrogen and oxygen atoms in total. The molecular formula is C26H25NO3. The molecule has 1 saturated carbocycles. The molecule has 3 aromatic carbocycles. The summed E-state index contributed by atoms with van der Waals surface area (Å²) in [4.78, 5) is 12.4. The van der Waals surface area contributed by atoms with E-state index in [2.05, 4.69) is 41.7 Å². The van der Waals surface area contributed by atoms with E-state index >= 15 is 0 Å². The number of amides is 1. The lowest BCUT2D eigenvalue weighted by Gasteiger charge is -2.18. The molecular weight excluding hydrogens is 374 g/mol. The third kappa shape index (κ3) is 3.27. The molecule has 0 heterocycles. The fraction of sp³-hybridized carbons (Fsp3) is 0.269. The lowest BCUT2D eigenvalue weighted by molar-refractivity contribution is 0.136. The van der Waals surface area contributed by atoms with Crippen LogP contribution in [0.4, 0.5) is 4.79 Å². The highest BCUT2D eigenvalue weighted by Crippen LogP contribution is 2.58. The van der Waals surface area contributed by atoms with Crippen LogP contribution >= 0.6 is 0 Å². The van der Waals surface area contributed by atoms with Crippen molar-refractivity contribution in [2.75, 3.05) is 19.8 Å². The second-order valence-electron chi connectivity index (χ2n) is 8.37. The highest BCUT2D eigenvalue weighted by atomic mass is 16.5. The first kappa shape index (κ1) is 18.9. The second kappa shape index (κ2) is 7.62. The van der Waals surface area contributed by atoms with Crippen molar-refractivity contribution >= 4 is 6.09 Å². The molecule has 30 heavy (non-hydrogen) atoms. The number of fused-ring (bicyclic) bond motifs is 3. The first-order valence-corrected chi connectivity index (χ1v) is 10.5. The van der Waals surface area contributed by atoms with Gasteiger partial charge in [-0.1, -0.05) is 78.9 Å². The summed E-state index contributed by atoms with van der Waals surface area (Å²) >= 11 is 0. The van der Waals surface area contributed by atoms with Gasteiger partial charge in [0.25, 0.3) is 0 Å². The number of benzene rings is 3. The van der Waals surface area contributed by atoms with Crippen LogP contribution in [0.25, 0.3) is 11.1 Å². The maximum Gasteiger partial charge on any atom is 0.407 e. The molecule has 3 aromatic rings. The number of rotatable bonds is 6. The summed E-state index contributed by atoms with van der Waals surface area (Å²) in [5.41, 5.74) is 5.75. The van der Waals surface area contributed by atoms with Crippen molar-refractivity contribution in [1.82, 2.24) is 5.32 Å². The van der Waals surface area contributed by atoms with E-state index in [9.17, 15) is 9.90 Å². The Kier molecular flexibility index (Phi) is 4.80. The number of hydrogen-bond acceptors (Lipinski definition) is 3. The Bertz CT molecular complexity index is 1020. The van der Waals surface area contributed by atoms with Gasteiger partial charge in [0.1, 0.15) is 6.61 Å². The highest BCUT2D eigenvalue weighted by Gasteiger charge is 2.54. The number of nitrogens with one attached hydrogen (secondary N) is 1. The van der Waals surface area contributed by atoms with Gasteiger partial charge in [0.2, 0.25) is 0 Å². The minimum atomic E-state index is -0.427. The van der Waals surface area contributed by atoms with E-state index in [1.807, 2.05) is 42.5 Å². The third-order valence-electron chi connectivity index (χ3n) is 6.64. The monoisotopic (exact) mass is 399 g/mol. The Morgan fingerprint density at radius 3 is 2.17 bits per heavy atom. The Morgan fingerprint density at radius 1 is 0.933 bits per heavy atom. The zero-order chi connectivity index (χ0) is 20.6. The maximum atomic E-state index is 12.4. The van der Waals surface area contributed by atoms with Gasteiger partial charge in [0.15, 0.2) is 0 Å². The van der Waals surface area contributed by atoms with E-state index in [1.165, 1.54) is 27.8 Å². The molecule has 2 atom stereocenters. The average molecular weight is 399 g/mol. The zero-order valence-corrected chi connectivity index (χ0v) is 16.8. The van der Waals surface area contributed by atoms with Gasteiger partial charge in [-0.2, -0.15) is 0 Å². The number of hydrogen-bond donors (Lipinski definition) is 2. The van der Waals surface area contributed by atoms with E-state index in [4.69, 9.17) is 4.74 Å². The summed E-state index contributed by atoms with van der Waals surface area (Å²) < 4.78 is 5.62. The molecule has 2 aliphatic carbocycles. The minimum absolute atomic E-state index is 0.0490. The van der Waals surface area contributed by atoms with Crippen LogP contribution in [-0.4, -0.2) is 31.0 Å². The Morgan fingerprint density at radius 2 is 1.53 bits per heavy atom. The molecule has 0 spiro atoms. The van der Waals surface area contributed by atoms with E-state index in [1.54, 1.807) is 0 Å². The number of aliphatic hydroxyl groups excluding tert-OH is 1. The largest absolute Gasteiger partial charge is 0.449 e. The van der Waals surface area contributed by atoms with Crippen molar-refractivity contribution in [3.8, 4) is 11.1 Å². The van der Waals surface area contributed by atoms with Crippen LogP contribution in [0, 0.1) is 5.41 Å². The molecule has 0 saturated heterocycles. The van der Waals surface area contributed by atoms with Gasteiger partial charge in [-0.25, -0.2) is 4.79 Å². The molecule has 0 radical (unpaired) electrons. The average Bonchev–Trinajstić information content (AvgIpc) is 3.45. The highest BCUT2D eigenvalue weighted by molar-refractivity contribution is 5.79. The van der Waals surface area contributed by atoms with E-state index in [0.717, 1.165) is 6.42 Å². The van der Waals surface area contributed by atoms with E-state index < -0.39 is 6.09 Å². The maximum absolute atomic E-state index is 12.4. The topological polar surface area (TPSA) is 58.6 Å². The molecule has 0 aliphatic heterocycles. The van der Waals surface area contributed by atoms with Gasteiger partial charge in [-0.3, -0.25) is 0 Å². The summed E-state index contributed by atoms with van der Waals surface area (Å²) in [5, 5.41) is 12.8. The molecule has 4 heteroatoms. The van der Waals surface area contributed by atoms with Gasteiger partial charge < -0.3 is 15.2 Å². The second-order valence-corrected chi connectivity index (χ2v) is 8.37. The number of carbonyl (C=O) groups excluding carboxylic acids is 1. The van der Waals surface area contributed by atoms with Crippen LogP contribution in [0.3, 0.4) is 0 Å². The predicted octanol–water partition coefficient (Wildman–Crippen LogP) is 4.69. The van der Waals surface area contributed by atoms with Gasteiger partial charge in [0, 0.05) is 17.9 Å². The van der Waals surface area contributed by atoms with Crippen LogP contribution < -0.4 is 5.32 Å². The standard InChI is InChI=1S/C26H25NO3/c28-17-26(14-24(26)18-8-2-1-3-9-18)16-27-25(29)30-15-23-21-12-6-4-10-19(21)20-11-5-7-13-22(20)23/h1-13,23-24,28H,14-17H2,(H,27,29)/t24-,26+/m1/s1. The lowest BCUT2D eigenvalue weighted by Crippen LogP contribution is -2.34. The predicted molar refractivity (Wildman–Crippen MR) is 116 cm³/mol. The van der Waals surface area contributed by atoms with Crippen LogP contribution in [0.1, 0.15) is 34.9 Å². The normalized spacial score (nSPS) is 21.6.